The highest BCUT2D eigenvalue weighted by atomic mass is 16.5. The third-order valence-electron chi connectivity index (χ3n) is 3.18. The fourth-order valence-corrected chi connectivity index (χ4v) is 2.00. The molecule has 2 rings (SSSR count). The van der Waals surface area contributed by atoms with E-state index < -0.39 is 0 Å². The topological polar surface area (TPSA) is 61.3 Å². The van der Waals surface area contributed by atoms with E-state index in [2.05, 4.69) is 11.2 Å². The molecule has 0 amide bonds. The molecular weight excluding hydrogens is 240 g/mol. The van der Waals surface area contributed by atoms with Crippen LogP contribution < -0.4 is 10.5 Å². The number of nitrogens with two attached hydrogens (primary N) is 1. The van der Waals surface area contributed by atoms with Crippen molar-refractivity contribution in [1.82, 2.24) is 5.16 Å². The summed E-state index contributed by atoms with van der Waals surface area (Å²) in [4.78, 5) is 0. The molecule has 0 radical (unpaired) electrons. The number of aryl methyl sites for hydroxylation is 3. The Labute approximate surface area is 113 Å². The number of para-hydroxylation sites is 1. The van der Waals surface area contributed by atoms with Gasteiger partial charge in [0.25, 0.3) is 0 Å². The van der Waals surface area contributed by atoms with Gasteiger partial charge in [-0.05, 0) is 44.9 Å². The Morgan fingerprint density at radius 3 is 2.74 bits per heavy atom. The standard InChI is InChI=1S/C15H20N2O2/c1-11-14(12(2)19-17-11)10-18-15-8-4-3-6-13(15)7-5-9-16/h3-4,6,8H,5,7,9-10,16H2,1-2H3. The van der Waals surface area contributed by atoms with Gasteiger partial charge in [-0.15, -0.1) is 0 Å². The zero-order valence-corrected chi connectivity index (χ0v) is 11.5. The first-order valence-corrected chi connectivity index (χ1v) is 6.55. The molecule has 0 saturated carbocycles. The molecule has 102 valence electrons. The first-order chi connectivity index (χ1) is 9.22. The van der Waals surface area contributed by atoms with Crippen LogP contribution in [0.3, 0.4) is 0 Å². The molecule has 4 nitrogen and oxygen atoms in total. The van der Waals surface area contributed by atoms with Gasteiger partial charge in [0.2, 0.25) is 0 Å². The van der Waals surface area contributed by atoms with E-state index in [9.17, 15) is 0 Å². The van der Waals surface area contributed by atoms with Crippen LogP contribution in [0.15, 0.2) is 28.8 Å². The van der Waals surface area contributed by atoms with E-state index in [-0.39, 0.29) is 0 Å². The minimum absolute atomic E-state index is 0.487. The molecule has 2 aromatic rings. The van der Waals surface area contributed by atoms with Crippen LogP contribution in [-0.2, 0) is 13.0 Å². The Bertz CT molecular complexity index is 515. The number of hydrogen-bond acceptors (Lipinski definition) is 4. The summed E-state index contributed by atoms with van der Waals surface area (Å²) in [5.41, 5.74) is 8.66. The largest absolute Gasteiger partial charge is 0.488 e. The highest BCUT2D eigenvalue weighted by Gasteiger charge is 2.10. The quantitative estimate of drug-likeness (QED) is 0.867. The van der Waals surface area contributed by atoms with Crippen molar-refractivity contribution in [3.05, 3.63) is 46.8 Å². The third-order valence-corrected chi connectivity index (χ3v) is 3.18. The molecule has 0 atom stereocenters. The van der Waals surface area contributed by atoms with Gasteiger partial charge in [-0.3, -0.25) is 0 Å². The van der Waals surface area contributed by atoms with E-state index in [1.54, 1.807) is 0 Å². The molecule has 1 aromatic carbocycles. The summed E-state index contributed by atoms with van der Waals surface area (Å²) >= 11 is 0. The molecule has 0 spiro atoms. The van der Waals surface area contributed by atoms with Crippen molar-refractivity contribution in [2.24, 2.45) is 5.73 Å². The normalized spacial score (nSPS) is 10.7. The number of ether oxygens (including phenoxy) is 1. The van der Waals surface area contributed by atoms with Crippen molar-refractivity contribution in [3.63, 3.8) is 0 Å². The SMILES string of the molecule is Cc1noc(C)c1COc1ccccc1CCCN. The predicted molar refractivity (Wildman–Crippen MR) is 74.1 cm³/mol. The molecule has 19 heavy (non-hydrogen) atoms. The summed E-state index contributed by atoms with van der Waals surface area (Å²) in [6.45, 7) is 5.01. The predicted octanol–water partition coefficient (Wildman–Crippen LogP) is 2.76. The van der Waals surface area contributed by atoms with Gasteiger partial charge in [-0.25, -0.2) is 0 Å². The Morgan fingerprint density at radius 1 is 1.26 bits per heavy atom. The van der Waals surface area contributed by atoms with Crippen molar-refractivity contribution in [3.8, 4) is 5.75 Å². The van der Waals surface area contributed by atoms with Crippen LogP contribution in [0.4, 0.5) is 0 Å². The fraction of sp³-hybridized carbons (Fsp3) is 0.400. The van der Waals surface area contributed by atoms with Crippen LogP contribution in [0.1, 0.15) is 29.0 Å². The van der Waals surface area contributed by atoms with Crippen molar-refractivity contribution >= 4 is 0 Å². The lowest BCUT2D eigenvalue weighted by molar-refractivity contribution is 0.298. The maximum absolute atomic E-state index is 5.90. The van der Waals surface area contributed by atoms with Gasteiger partial charge in [0.05, 0.1) is 11.3 Å². The van der Waals surface area contributed by atoms with Crippen molar-refractivity contribution < 1.29 is 9.26 Å². The van der Waals surface area contributed by atoms with Gasteiger partial charge >= 0.3 is 0 Å². The second-order valence-corrected chi connectivity index (χ2v) is 4.59. The first-order valence-electron chi connectivity index (χ1n) is 6.55. The maximum atomic E-state index is 5.90. The minimum Gasteiger partial charge on any atom is -0.488 e. The lowest BCUT2D eigenvalue weighted by Crippen LogP contribution is -2.03. The number of aromatic nitrogens is 1. The van der Waals surface area contributed by atoms with Crippen LogP contribution in [0.5, 0.6) is 5.75 Å². The molecule has 4 heteroatoms. The molecule has 0 saturated heterocycles. The Hall–Kier alpha value is -1.81. The van der Waals surface area contributed by atoms with Crippen LogP contribution in [0.2, 0.25) is 0 Å². The molecule has 0 aliphatic carbocycles. The van der Waals surface area contributed by atoms with E-state index in [0.717, 1.165) is 35.6 Å². The number of hydrogen-bond donors (Lipinski definition) is 1. The zero-order chi connectivity index (χ0) is 13.7. The minimum atomic E-state index is 0.487. The average molecular weight is 260 g/mol. The van der Waals surface area contributed by atoms with E-state index in [1.807, 2.05) is 32.0 Å². The highest BCUT2D eigenvalue weighted by Crippen LogP contribution is 2.22. The van der Waals surface area contributed by atoms with Gasteiger partial charge in [-0.1, -0.05) is 23.4 Å². The number of benzene rings is 1. The third kappa shape index (κ3) is 3.35. The van der Waals surface area contributed by atoms with Gasteiger partial charge in [0, 0.05) is 0 Å². The summed E-state index contributed by atoms with van der Waals surface area (Å²) < 4.78 is 11.0. The fourth-order valence-electron chi connectivity index (χ4n) is 2.00. The molecule has 2 N–H and O–H groups in total. The number of nitrogens with zero attached hydrogens (tertiary/aromatic N) is 1. The van der Waals surface area contributed by atoms with Crippen LogP contribution >= 0.6 is 0 Å². The summed E-state index contributed by atoms with van der Waals surface area (Å²) in [6, 6.07) is 8.07. The van der Waals surface area contributed by atoms with Crippen molar-refractivity contribution in [2.75, 3.05) is 6.54 Å². The average Bonchev–Trinajstić information content (AvgIpc) is 2.74. The molecule has 1 aromatic heterocycles. The van der Waals surface area contributed by atoms with Crippen LogP contribution in [0.25, 0.3) is 0 Å². The zero-order valence-electron chi connectivity index (χ0n) is 11.5. The van der Waals surface area contributed by atoms with Crippen molar-refractivity contribution in [1.29, 1.82) is 0 Å². The lowest BCUT2D eigenvalue weighted by atomic mass is 10.1. The van der Waals surface area contributed by atoms with Crippen molar-refractivity contribution in [2.45, 2.75) is 33.3 Å². The molecular formula is C15H20N2O2. The Morgan fingerprint density at radius 2 is 2.05 bits per heavy atom. The smallest absolute Gasteiger partial charge is 0.140 e. The second-order valence-electron chi connectivity index (χ2n) is 4.59. The van der Waals surface area contributed by atoms with E-state index in [1.165, 1.54) is 5.56 Å². The first kappa shape index (κ1) is 13.6. The number of rotatable bonds is 6. The molecule has 1 heterocycles. The van der Waals surface area contributed by atoms with E-state index in [4.69, 9.17) is 15.0 Å². The summed E-state index contributed by atoms with van der Waals surface area (Å²) in [5, 5.41) is 3.93. The Kier molecular flexibility index (Phi) is 4.58. The van der Waals surface area contributed by atoms with Crippen LogP contribution in [0, 0.1) is 13.8 Å². The van der Waals surface area contributed by atoms with Gasteiger partial charge in [-0.2, -0.15) is 0 Å². The summed E-state index contributed by atoms with van der Waals surface area (Å²) in [5.74, 6) is 1.73. The molecule has 0 bridgehead atoms. The Balaban J connectivity index is 2.07. The van der Waals surface area contributed by atoms with E-state index in [0.29, 0.717) is 13.2 Å². The second kappa shape index (κ2) is 6.38. The lowest BCUT2D eigenvalue weighted by Gasteiger charge is -2.11. The molecule has 0 fully saturated rings. The van der Waals surface area contributed by atoms with Crippen LogP contribution in [-0.4, -0.2) is 11.7 Å². The molecule has 0 aliphatic rings. The molecule has 0 aliphatic heterocycles. The van der Waals surface area contributed by atoms with Gasteiger partial charge in [0.1, 0.15) is 18.1 Å². The maximum Gasteiger partial charge on any atom is 0.140 e. The highest BCUT2D eigenvalue weighted by molar-refractivity contribution is 5.34. The summed E-state index contributed by atoms with van der Waals surface area (Å²) in [6.07, 6.45) is 1.90. The van der Waals surface area contributed by atoms with Gasteiger partial charge in [0.15, 0.2) is 0 Å². The van der Waals surface area contributed by atoms with E-state index >= 15 is 0 Å². The summed E-state index contributed by atoms with van der Waals surface area (Å²) in [7, 11) is 0. The van der Waals surface area contributed by atoms with Gasteiger partial charge < -0.3 is 15.0 Å². The molecule has 0 unspecified atom stereocenters. The monoisotopic (exact) mass is 260 g/mol.